The molecule has 0 radical (unpaired) electrons. The molecule has 2 aromatic rings. The lowest BCUT2D eigenvalue weighted by Gasteiger charge is -2.04. The van der Waals surface area contributed by atoms with Crippen LogP contribution in [0, 0.1) is 13.8 Å². The highest BCUT2D eigenvalue weighted by molar-refractivity contribution is 5.71. The quantitative estimate of drug-likeness (QED) is 0.832. The zero-order valence-electron chi connectivity index (χ0n) is 11.5. The van der Waals surface area contributed by atoms with E-state index in [2.05, 4.69) is 0 Å². The number of ether oxygens (including phenoxy) is 1. The predicted octanol–water partition coefficient (Wildman–Crippen LogP) is 4.19. The van der Waals surface area contributed by atoms with E-state index in [4.69, 9.17) is 4.74 Å². The van der Waals surface area contributed by atoms with Crippen molar-refractivity contribution in [2.24, 2.45) is 0 Å². The van der Waals surface area contributed by atoms with Crippen LogP contribution in [0.15, 0.2) is 36.4 Å². The Morgan fingerprint density at radius 2 is 1.42 bits per heavy atom. The molecular formula is C17H18O2. The van der Waals surface area contributed by atoms with Crippen LogP contribution >= 0.6 is 0 Å². The molecule has 0 amide bonds. The van der Waals surface area contributed by atoms with E-state index in [1.807, 2.05) is 62.4 Å². The Bertz CT molecular complexity index is 572. The first-order chi connectivity index (χ1) is 9.10. The Hall–Kier alpha value is -2.22. The van der Waals surface area contributed by atoms with Gasteiger partial charge in [-0.15, -0.1) is 0 Å². The highest BCUT2D eigenvalue weighted by Crippen LogP contribution is 2.24. The molecule has 2 rings (SSSR count). The summed E-state index contributed by atoms with van der Waals surface area (Å²) >= 11 is 0. The average molecular weight is 254 g/mol. The third kappa shape index (κ3) is 3.16. The molecule has 0 heterocycles. The van der Waals surface area contributed by atoms with Crippen LogP contribution in [-0.4, -0.2) is 12.2 Å². The summed E-state index contributed by atoms with van der Waals surface area (Å²) in [5.74, 6) is 1.23. The van der Waals surface area contributed by atoms with Crippen LogP contribution in [0.5, 0.6) is 11.5 Å². The van der Waals surface area contributed by atoms with Gasteiger partial charge in [0.25, 0.3) is 0 Å². The highest BCUT2D eigenvalue weighted by atomic mass is 16.5. The fraction of sp³-hybridized carbons (Fsp3) is 0.176. The van der Waals surface area contributed by atoms with Crippen LogP contribution in [0.1, 0.15) is 22.3 Å². The van der Waals surface area contributed by atoms with Crippen molar-refractivity contribution >= 4 is 12.2 Å². The average Bonchev–Trinajstić information content (AvgIpc) is 2.43. The zero-order chi connectivity index (χ0) is 13.8. The van der Waals surface area contributed by atoms with Gasteiger partial charge in [-0.1, -0.05) is 24.3 Å². The van der Waals surface area contributed by atoms with E-state index in [0.717, 1.165) is 28.0 Å². The van der Waals surface area contributed by atoms with Crippen LogP contribution in [0.2, 0.25) is 0 Å². The van der Waals surface area contributed by atoms with Crippen molar-refractivity contribution in [2.75, 3.05) is 7.11 Å². The van der Waals surface area contributed by atoms with E-state index in [1.165, 1.54) is 0 Å². The van der Waals surface area contributed by atoms with Gasteiger partial charge in [-0.2, -0.15) is 0 Å². The van der Waals surface area contributed by atoms with Crippen molar-refractivity contribution in [3.8, 4) is 11.5 Å². The number of hydrogen-bond acceptors (Lipinski definition) is 2. The molecule has 0 saturated carbocycles. The molecule has 0 aliphatic heterocycles. The summed E-state index contributed by atoms with van der Waals surface area (Å²) in [6.45, 7) is 3.82. The Morgan fingerprint density at radius 1 is 0.895 bits per heavy atom. The van der Waals surface area contributed by atoms with Gasteiger partial charge in [-0.3, -0.25) is 0 Å². The van der Waals surface area contributed by atoms with Gasteiger partial charge in [0.15, 0.2) is 0 Å². The van der Waals surface area contributed by atoms with E-state index in [1.54, 1.807) is 7.11 Å². The molecule has 2 aromatic carbocycles. The minimum atomic E-state index is 0.376. The maximum absolute atomic E-state index is 9.74. The molecule has 2 heteroatoms. The smallest absolute Gasteiger partial charge is 0.121 e. The molecule has 0 atom stereocenters. The molecule has 1 N–H and O–H groups in total. The van der Waals surface area contributed by atoms with E-state index in [9.17, 15) is 5.11 Å². The Morgan fingerprint density at radius 3 is 1.95 bits per heavy atom. The summed E-state index contributed by atoms with van der Waals surface area (Å²) in [5.41, 5.74) is 4.00. The topological polar surface area (TPSA) is 29.5 Å². The SMILES string of the molecule is COc1ccc(/C=C/c2cc(C)c(O)c(C)c2)cc1. The summed E-state index contributed by atoms with van der Waals surface area (Å²) in [6.07, 6.45) is 4.09. The first-order valence-corrected chi connectivity index (χ1v) is 6.22. The predicted molar refractivity (Wildman–Crippen MR) is 79.5 cm³/mol. The van der Waals surface area contributed by atoms with Gasteiger partial charge in [-0.25, -0.2) is 0 Å². The second kappa shape index (κ2) is 5.61. The standard InChI is InChI=1S/C17H18O2/c1-12-10-15(11-13(2)17(12)18)5-4-14-6-8-16(19-3)9-7-14/h4-11,18H,1-3H3/b5-4+. The summed E-state index contributed by atoms with van der Waals surface area (Å²) in [5, 5.41) is 9.74. The number of phenolic OH excluding ortho intramolecular Hbond substituents is 1. The first kappa shape index (κ1) is 13.2. The van der Waals surface area contributed by atoms with E-state index in [0.29, 0.717) is 5.75 Å². The van der Waals surface area contributed by atoms with Crippen LogP contribution in [0.3, 0.4) is 0 Å². The van der Waals surface area contributed by atoms with Crippen molar-refractivity contribution < 1.29 is 9.84 Å². The monoisotopic (exact) mass is 254 g/mol. The third-order valence-corrected chi connectivity index (χ3v) is 3.10. The molecule has 0 aliphatic carbocycles. The fourth-order valence-corrected chi connectivity index (χ4v) is 1.99. The second-order valence-electron chi connectivity index (χ2n) is 4.61. The van der Waals surface area contributed by atoms with Crippen LogP contribution in [0.25, 0.3) is 12.2 Å². The van der Waals surface area contributed by atoms with Crippen molar-refractivity contribution in [2.45, 2.75) is 13.8 Å². The largest absolute Gasteiger partial charge is 0.507 e. The minimum absolute atomic E-state index is 0.376. The van der Waals surface area contributed by atoms with Crippen molar-refractivity contribution in [1.82, 2.24) is 0 Å². The summed E-state index contributed by atoms with van der Waals surface area (Å²) in [7, 11) is 1.66. The van der Waals surface area contributed by atoms with Crippen LogP contribution < -0.4 is 4.74 Å². The highest BCUT2D eigenvalue weighted by Gasteiger charge is 2.01. The molecule has 0 fully saturated rings. The number of benzene rings is 2. The van der Waals surface area contributed by atoms with Crippen molar-refractivity contribution in [1.29, 1.82) is 0 Å². The molecule has 0 spiro atoms. The minimum Gasteiger partial charge on any atom is -0.507 e. The van der Waals surface area contributed by atoms with Crippen molar-refractivity contribution in [3.05, 3.63) is 58.7 Å². The van der Waals surface area contributed by atoms with Gasteiger partial charge in [0, 0.05) is 0 Å². The number of methoxy groups -OCH3 is 1. The maximum atomic E-state index is 9.74. The molecule has 0 unspecified atom stereocenters. The van der Waals surface area contributed by atoms with Gasteiger partial charge in [0.1, 0.15) is 11.5 Å². The van der Waals surface area contributed by atoms with Gasteiger partial charge in [0.2, 0.25) is 0 Å². The Kier molecular flexibility index (Phi) is 3.91. The number of aromatic hydroxyl groups is 1. The Balaban J connectivity index is 2.22. The number of aryl methyl sites for hydroxylation is 2. The lowest BCUT2D eigenvalue weighted by molar-refractivity contribution is 0.415. The van der Waals surface area contributed by atoms with Crippen LogP contribution in [-0.2, 0) is 0 Å². The number of rotatable bonds is 3. The van der Waals surface area contributed by atoms with Gasteiger partial charge in [-0.05, 0) is 60.4 Å². The normalized spacial score (nSPS) is 10.9. The van der Waals surface area contributed by atoms with Crippen molar-refractivity contribution in [3.63, 3.8) is 0 Å². The third-order valence-electron chi connectivity index (χ3n) is 3.10. The molecular weight excluding hydrogens is 236 g/mol. The molecule has 98 valence electrons. The molecule has 19 heavy (non-hydrogen) atoms. The molecule has 0 bridgehead atoms. The van der Waals surface area contributed by atoms with E-state index < -0.39 is 0 Å². The fourth-order valence-electron chi connectivity index (χ4n) is 1.99. The van der Waals surface area contributed by atoms with E-state index >= 15 is 0 Å². The van der Waals surface area contributed by atoms with Gasteiger partial charge in [0.05, 0.1) is 7.11 Å². The first-order valence-electron chi connectivity index (χ1n) is 6.22. The zero-order valence-corrected chi connectivity index (χ0v) is 11.5. The summed E-state index contributed by atoms with van der Waals surface area (Å²) in [4.78, 5) is 0. The maximum Gasteiger partial charge on any atom is 0.121 e. The lowest BCUT2D eigenvalue weighted by atomic mass is 10.0. The Labute approximate surface area is 114 Å². The lowest BCUT2D eigenvalue weighted by Crippen LogP contribution is -1.83. The van der Waals surface area contributed by atoms with Gasteiger partial charge >= 0.3 is 0 Å². The van der Waals surface area contributed by atoms with E-state index in [-0.39, 0.29) is 0 Å². The van der Waals surface area contributed by atoms with Gasteiger partial charge < -0.3 is 9.84 Å². The summed E-state index contributed by atoms with van der Waals surface area (Å²) in [6, 6.07) is 11.8. The van der Waals surface area contributed by atoms with Crippen LogP contribution in [0.4, 0.5) is 0 Å². The molecule has 0 aromatic heterocycles. The number of phenols is 1. The second-order valence-corrected chi connectivity index (χ2v) is 4.61. The molecule has 0 saturated heterocycles. The number of hydrogen-bond donors (Lipinski definition) is 1. The molecule has 2 nitrogen and oxygen atoms in total. The summed E-state index contributed by atoms with van der Waals surface area (Å²) < 4.78 is 5.12. The molecule has 0 aliphatic rings.